The molecule has 1 N–H and O–H groups in total. The van der Waals surface area contributed by atoms with Crippen LogP contribution in [0, 0.1) is 17.2 Å². The molecular formula is C10H19N3O. The molecule has 80 valence electrons. The number of rotatable bonds is 6. The zero-order valence-electron chi connectivity index (χ0n) is 9.21. The number of nitrogens with one attached hydrogen (secondary N) is 1. The summed E-state index contributed by atoms with van der Waals surface area (Å²) in [5.74, 6) is 0.0832. The maximum absolute atomic E-state index is 11.6. The van der Waals surface area contributed by atoms with Crippen molar-refractivity contribution in [2.24, 2.45) is 5.92 Å². The summed E-state index contributed by atoms with van der Waals surface area (Å²) < 4.78 is 0. The Morgan fingerprint density at radius 2 is 2.29 bits per heavy atom. The monoisotopic (exact) mass is 197 g/mol. The van der Waals surface area contributed by atoms with Gasteiger partial charge in [-0.3, -0.25) is 4.79 Å². The minimum Gasteiger partial charge on any atom is -0.344 e. The molecule has 0 aromatic heterocycles. The van der Waals surface area contributed by atoms with Crippen LogP contribution < -0.4 is 5.32 Å². The van der Waals surface area contributed by atoms with Crippen molar-refractivity contribution in [3.8, 4) is 6.07 Å². The van der Waals surface area contributed by atoms with E-state index in [1.54, 1.807) is 11.9 Å². The summed E-state index contributed by atoms with van der Waals surface area (Å²) in [7, 11) is 1.74. The fraction of sp³-hybridized carbons (Fsp3) is 0.800. The fourth-order valence-electron chi connectivity index (χ4n) is 1.15. The molecule has 4 nitrogen and oxygen atoms in total. The predicted octanol–water partition coefficient (Wildman–Crippen LogP) is 0.604. The predicted molar refractivity (Wildman–Crippen MR) is 55.6 cm³/mol. The third-order valence-electron chi connectivity index (χ3n) is 2.06. The molecule has 0 aromatic rings. The highest BCUT2D eigenvalue weighted by atomic mass is 16.2. The minimum atomic E-state index is -0.0151. The molecule has 0 saturated heterocycles. The maximum Gasteiger partial charge on any atom is 0.226 e. The Morgan fingerprint density at radius 3 is 2.79 bits per heavy atom. The summed E-state index contributed by atoms with van der Waals surface area (Å²) >= 11 is 0. The van der Waals surface area contributed by atoms with Gasteiger partial charge in [0.15, 0.2) is 0 Å². The third kappa shape index (κ3) is 4.83. The second-order valence-corrected chi connectivity index (χ2v) is 3.38. The molecule has 0 fully saturated rings. The van der Waals surface area contributed by atoms with Crippen molar-refractivity contribution in [2.45, 2.75) is 20.3 Å². The van der Waals surface area contributed by atoms with E-state index < -0.39 is 0 Å². The number of hydrogen-bond donors (Lipinski definition) is 1. The van der Waals surface area contributed by atoms with Crippen LogP contribution in [0.25, 0.3) is 0 Å². The van der Waals surface area contributed by atoms with Gasteiger partial charge in [0, 0.05) is 26.1 Å². The van der Waals surface area contributed by atoms with Crippen molar-refractivity contribution >= 4 is 5.91 Å². The molecular weight excluding hydrogens is 178 g/mol. The van der Waals surface area contributed by atoms with Crippen molar-refractivity contribution in [2.75, 3.05) is 26.7 Å². The molecule has 0 aliphatic heterocycles. The topological polar surface area (TPSA) is 56.1 Å². The second kappa shape index (κ2) is 7.34. The normalized spacial score (nSPS) is 11.9. The Kier molecular flexibility index (Phi) is 6.77. The van der Waals surface area contributed by atoms with E-state index in [1.807, 2.05) is 19.9 Å². The van der Waals surface area contributed by atoms with Gasteiger partial charge >= 0.3 is 0 Å². The van der Waals surface area contributed by atoms with Gasteiger partial charge in [-0.2, -0.15) is 5.26 Å². The smallest absolute Gasteiger partial charge is 0.226 e. The molecule has 0 bridgehead atoms. The zero-order chi connectivity index (χ0) is 11.0. The zero-order valence-corrected chi connectivity index (χ0v) is 9.21. The van der Waals surface area contributed by atoms with E-state index in [0.717, 1.165) is 6.54 Å². The number of carbonyl (C=O) groups is 1. The van der Waals surface area contributed by atoms with Gasteiger partial charge in [0.25, 0.3) is 0 Å². The van der Waals surface area contributed by atoms with E-state index in [-0.39, 0.29) is 11.8 Å². The van der Waals surface area contributed by atoms with Gasteiger partial charge in [0.05, 0.1) is 12.5 Å². The lowest BCUT2D eigenvalue weighted by atomic mass is 10.1. The van der Waals surface area contributed by atoms with Crippen LogP contribution in [0.3, 0.4) is 0 Å². The summed E-state index contributed by atoms with van der Waals surface area (Å²) in [6, 6.07) is 2.03. The molecule has 0 heterocycles. The van der Waals surface area contributed by atoms with Crippen LogP contribution >= 0.6 is 0 Å². The van der Waals surface area contributed by atoms with Crippen LogP contribution in [-0.4, -0.2) is 37.5 Å². The maximum atomic E-state index is 11.6. The van der Waals surface area contributed by atoms with E-state index >= 15 is 0 Å². The second-order valence-electron chi connectivity index (χ2n) is 3.38. The first-order valence-corrected chi connectivity index (χ1v) is 4.96. The molecule has 0 aliphatic rings. The minimum absolute atomic E-state index is 0.0151. The first kappa shape index (κ1) is 12.9. The molecule has 0 aliphatic carbocycles. The average molecular weight is 197 g/mol. The van der Waals surface area contributed by atoms with Crippen LogP contribution in [0.15, 0.2) is 0 Å². The van der Waals surface area contributed by atoms with Crippen LogP contribution in [0.1, 0.15) is 20.3 Å². The number of amides is 1. The van der Waals surface area contributed by atoms with E-state index in [0.29, 0.717) is 19.5 Å². The van der Waals surface area contributed by atoms with Gasteiger partial charge in [0.1, 0.15) is 0 Å². The molecule has 1 amide bonds. The van der Waals surface area contributed by atoms with Gasteiger partial charge in [-0.05, 0) is 6.54 Å². The van der Waals surface area contributed by atoms with Crippen LogP contribution in [0.2, 0.25) is 0 Å². The Morgan fingerprint density at radius 1 is 1.64 bits per heavy atom. The van der Waals surface area contributed by atoms with Crippen molar-refractivity contribution in [3.05, 3.63) is 0 Å². The molecule has 4 heteroatoms. The highest BCUT2D eigenvalue weighted by Gasteiger charge is 2.15. The summed E-state index contributed by atoms with van der Waals surface area (Å²) in [5.41, 5.74) is 0. The number of hydrogen-bond acceptors (Lipinski definition) is 3. The Bertz CT molecular complexity index is 210. The molecule has 0 spiro atoms. The van der Waals surface area contributed by atoms with Crippen LogP contribution in [0.5, 0.6) is 0 Å². The number of carbonyl (C=O) groups excluding carboxylic acids is 1. The Balaban J connectivity index is 3.85. The SMILES string of the molecule is CCNCC(C)C(=O)N(C)CCC#N. The Labute approximate surface area is 85.9 Å². The van der Waals surface area contributed by atoms with Gasteiger partial charge in [-0.15, -0.1) is 0 Å². The first-order valence-electron chi connectivity index (χ1n) is 4.96. The van der Waals surface area contributed by atoms with Crippen molar-refractivity contribution in [1.29, 1.82) is 5.26 Å². The summed E-state index contributed by atoms with van der Waals surface area (Å²) in [4.78, 5) is 13.2. The van der Waals surface area contributed by atoms with Gasteiger partial charge < -0.3 is 10.2 Å². The van der Waals surface area contributed by atoms with Crippen molar-refractivity contribution < 1.29 is 4.79 Å². The first-order chi connectivity index (χ1) is 6.63. The van der Waals surface area contributed by atoms with Gasteiger partial charge in [-0.1, -0.05) is 13.8 Å². The largest absolute Gasteiger partial charge is 0.344 e. The lowest BCUT2D eigenvalue weighted by Gasteiger charge is -2.20. The quantitative estimate of drug-likeness (QED) is 0.678. The van der Waals surface area contributed by atoms with E-state index in [2.05, 4.69) is 5.32 Å². The molecule has 1 atom stereocenters. The Hall–Kier alpha value is -1.08. The molecule has 1 unspecified atom stereocenters. The molecule has 0 aromatic carbocycles. The summed E-state index contributed by atoms with van der Waals surface area (Å²) in [5, 5.41) is 11.5. The fourth-order valence-corrected chi connectivity index (χ4v) is 1.15. The molecule has 0 radical (unpaired) electrons. The molecule has 14 heavy (non-hydrogen) atoms. The number of nitrogens with zero attached hydrogens (tertiary/aromatic N) is 2. The van der Waals surface area contributed by atoms with Gasteiger partial charge in [-0.25, -0.2) is 0 Å². The molecule has 0 rings (SSSR count). The van der Waals surface area contributed by atoms with Crippen LogP contribution in [-0.2, 0) is 4.79 Å². The third-order valence-corrected chi connectivity index (χ3v) is 2.06. The summed E-state index contributed by atoms with van der Waals surface area (Å²) in [6.45, 7) is 6.00. The van der Waals surface area contributed by atoms with Crippen molar-refractivity contribution in [3.63, 3.8) is 0 Å². The van der Waals surface area contributed by atoms with Crippen LogP contribution in [0.4, 0.5) is 0 Å². The van der Waals surface area contributed by atoms with E-state index in [9.17, 15) is 4.79 Å². The lowest BCUT2D eigenvalue weighted by molar-refractivity contribution is -0.133. The lowest BCUT2D eigenvalue weighted by Crippen LogP contribution is -2.37. The average Bonchev–Trinajstić information content (AvgIpc) is 2.21. The van der Waals surface area contributed by atoms with E-state index in [4.69, 9.17) is 5.26 Å². The standard InChI is InChI=1S/C10H19N3O/c1-4-12-8-9(2)10(14)13(3)7-5-6-11/h9,12H,4-5,7-8H2,1-3H3. The summed E-state index contributed by atoms with van der Waals surface area (Å²) in [6.07, 6.45) is 0.399. The van der Waals surface area contributed by atoms with Gasteiger partial charge in [0.2, 0.25) is 5.91 Å². The highest BCUT2D eigenvalue weighted by molar-refractivity contribution is 5.78. The van der Waals surface area contributed by atoms with E-state index in [1.165, 1.54) is 0 Å². The molecule has 0 saturated carbocycles. The number of nitriles is 1. The van der Waals surface area contributed by atoms with Crippen molar-refractivity contribution in [1.82, 2.24) is 10.2 Å². The highest BCUT2D eigenvalue weighted by Crippen LogP contribution is 1.99.